The van der Waals surface area contributed by atoms with Crippen LogP contribution in [0, 0.1) is 5.92 Å². The molecule has 0 saturated carbocycles. The Labute approximate surface area is 107 Å². The first-order chi connectivity index (χ1) is 8.30. The first kappa shape index (κ1) is 14.5. The summed E-state index contributed by atoms with van der Waals surface area (Å²) in [6.45, 7) is 2.09. The van der Waals surface area contributed by atoms with Crippen molar-refractivity contribution in [1.82, 2.24) is 0 Å². The van der Waals surface area contributed by atoms with Gasteiger partial charge >= 0.3 is 0 Å². The Morgan fingerprint density at radius 2 is 1.47 bits per heavy atom. The quantitative estimate of drug-likeness (QED) is 0.538. The van der Waals surface area contributed by atoms with Gasteiger partial charge in [-0.05, 0) is 32.1 Å². The maximum atomic E-state index is 11.8. The Hall–Kier alpha value is -0.590. The molecule has 17 heavy (non-hydrogen) atoms. The highest BCUT2D eigenvalue weighted by atomic mass is 16.1. The Balaban J connectivity index is 2.31. The van der Waals surface area contributed by atoms with Gasteiger partial charge in [0.2, 0.25) is 0 Å². The number of ketones is 1. The zero-order chi connectivity index (χ0) is 12.3. The summed E-state index contributed by atoms with van der Waals surface area (Å²) in [7, 11) is 0. The topological polar surface area (TPSA) is 17.1 Å². The highest BCUT2D eigenvalue weighted by Gasteiger charge is 2.11. The molecule has 0 heterocycles. The minimum atomic E-state index is 0.268. The van der Waals surface area contributed by atoms with Gasteiger partial charge in [-0.3, -0.25) is 4.79 Å². The van der Waals surface area contributed by atoms with Crippen molar-refractivity contribution in [3.63, 3.8) is 0 Å². The minimum absolute atomic E-state index is 0.268. The van der Waals surface area contributed by atoms with Crippen LogP contribution in [0.1, 0.15) is 77.6 Å². The van der Waals surface area contributed by atoms with Gasteiger partial charge in [-0.2, -0.15) is 0 Å². The van der Waals surface area contributed by atoms with Gasteiger partial charge < -0.3 is 0 Å². The van der Waals surface area contributed by atoms with Crippen LogP contribution in [0.25, 0.3) is 0 Å². The second-order valence-electron chi connectivity index (χ2n) is 5.43. The van der Waals surface area contributed by atoms with Crippen molar-refractivity contribution >= 4 is 5.78 Å². The van der Waals surface area contributed by atoms with E-state index in [4.69, 9.17) is 0 Å². The molecule has 1 heteroatoms. The molecule has 0 N–H and O–H groups in total. The summed E-state index contributed by atoms with van der Waals surface area (Å²) in [6, 6.07) is 0. The number of hydrogen-bond acceptors (Lipinski definition) is 1. The van der Waals surface area contributed by atoms with Gasteiger partial charge in [0.1, 0.15) is 5.78 Å². The van der Waals surface area contributed by atoms with Crippen LogP contribution in [-0.4, -0.2) is 5.78 Å². The van der Waals surface area contributed by atoms with Crippen LogP contribution in [0.4, 0.5) is 0 Å². The third kappa shape index (κ3) is 7.36. The number of carbonyl (C=O) groups is 1. The van der Waals surface area contributed by atoms with Crippen molar-refractivity contribution in [3.05, 3.63) is 12.2 Å². The maximum Gasteiger partial charge on any atom is 0.135 e. The lowest BCUT2D eigenvalue weighted by atomic mass is 9.96. The lowest BCUT2D eigenvalue weighted by Crippen LogP contribution is -2.10. The van der Waals surface area contributed by atoms with Crippen LogP contribution >= 0.6 is 0 Å². The van der Waals surface area contributed by atoms with E-state index in [9.17, 15) is 4.79 Å². The van der Waals surface area contributed by atoms with Gasteiger partial charge in [0, 0.05) is 12.3 Å². The van der Waals surface area contributed by atoms with E-state index in [0.717, 1.165) is 25.7 Å². The van der Waals surface area contributed by atoms with Crippen LogP contribution in [-0.2, 0) is 4.79 Å². The molecule has 1 aliphatic carbocycles. The molecule has 1 rings (SSSR count). The molecule has 1 aliphatic rings. The smallest absolute Gasteiger partial charge is 0.135 e. The van der Waals surface area contributed by atoms with Gasteiger partial charge in [0.25, 0.3) is 0 Å². The monoisotopic (exact) mass is 236 g/mol. The Morgan fingerprint density at radius 1 is 0.882 bits per heavy atom. The first-order valence-electron chi connectivity index (χ1n) is 7.48. The molecule has 1 atom stereocenters. The van der Waals surface area contributed by atoms with Crippen LogP contribution < -0.4 is 0 Å². The van der Waals surface area contributed by atoms with E-state index in [0.29, 0.717) is 5.78 Å². The fourth-order valence-electron chi connectivity index (χ4n) is 2.43. The normalized spacial score (nSPS) is 26.2. The van der Waals surface area contributed by atoms with Gasteiger partial charge in [0.15, 0.2) is 0 Å². The summed E-state index contributed by atoms with van der Waals surface area (Å²) in [5.41, 5.74) is 0. The average Bonchev–Trinajstić information content (AvgIpc) is 2.34. The van der Waals surface area contributed by atoms with E-state index >= 15 is 0 Å². The van der Waals surface area contributed by atoms with Crippen molar-refractivity contribution in [3.8, 4) is 0 Å². The number of Topliss-reactive ketones (excluding diaryl/α,β-unsaturated/α-hetero) is 1. The van der Waals surface area contributed by atoms with Gasteiger partial charge in [0.05, 0.1) is 0 Å². The van der Waals surface area contributed by atoms with Crippen molar-refractivity contribution in [2.45, 2.75) is 77.6 Å². The van der Waals surface area contributed by atoms with Crippen molar-refractivity contribution in [2.75, 3.05) is 0 Å². The van der Waals surface area contributed by atoms with Crippen LogP contribution in [0.15, 0.2) is 12.2 Å². The Kier molecular flexibility index (Phi) is 8.04. The molecular formula is C16H28O. The first-order valence-corrected chi connectivity index (χ1v) is 7.48. The zero-order valence-corrected chi connectivity index (χ0v) is 11.4. The van der Waals surface area contributed by atoms with Crippen molar-refractivity contribution < 1.29 is 4.79 Å². The summed E-state index contributed by atoms with van der Waals surface area (Å²) in [5.74, 6) is 0.748. The number of allylic oxidation sites excluding steroid dienone is 2. The molecule has 0 aromatic heterocycles. The van der Waals surface area contributed by atoms with Gasteiger partial charge in [-0.15, -0.1) is 0 Å². The predicted octanol–water partition coefficient (Wildman–Crippen LogP) is 5.05. The molecule has 0 spiro atoms. The van der Waals surface area contributed by atoms with E-state index in [2.05, 4.69) is 19.1 Å². The van der Waals surface area contributed by atoms with Crippen molar-refractivity contribution in [2.24, 2.45) is 5.92 Å². The molecular weight excluding hydrogens is 208 g/mol. The van der Waals surface area contributed by atoms with Gasteiger partial charge in [-0.25, -0.2) is 0 Å². The largest absolute Gasteiger partial charge is 0.299 e. The zero-order valence-electron chi connectivity index (χ0n) is 11.4. The third-order valence-electron chi connectivity index (χ3n) is 3.78. The molecule has 0 saturated heterocycles. The van der Waals surface area contributed by atoms with E-state index < -0.39 is 0 Å². The average molecular weight is 236 g/mol. The molecule has 0 aromatic carbocycles. The third-order valence-corrected chi connectivity index (χ3v) is 3.78. The predicted molar refractivity (Wildman–Crippen MR) is 74.1 cm³/mol. The van der Waals surface area contributed by atoms with E-state index in [-0.39, 0.29) is 5.92 Å². The molecule has 0 radical (unpaired) electrons. The van der Waals surface area contributed by atoms with Crippen LogP contribution in [0.3, 0.4) is 0 Å². The van der Waals surface area contributed by atoms with Crippen LogP contribution in [0.5, 0.6) is 0 Å². The second kappa shape index (κ2) is 9.44. The molecule has 0 aromatic rings. The maximum absolute atomic E-state index is 11.8. The Bertz CT molecular complexity index is 230. The van der Waals surface area contributed by atoms with Gasteiger partial charge in [-0.1, -0.05) is 51.2 Å². The fraction of sp³-hybridized carbons (Fsp3) is 0.812. The fourth-order valence-corrected chi connectivity index (χ4v) is 2.43. The second-order valence-corrected chi connectivity index (χ2v) is 5.43. The Morgan fingerprint density at radius 3 is 2.24 bits per heavy atom. The number of carbonyl (C=O) groups excluding carboxylic acids is 1. The molecule has 0 fully saturated rings. The van der Waals surface area contributed by atoms with E-state index in [1.54, 1.807) is 0 Å². The molecule has 0 amide bonds. The molecule has 1 nitrogen and oxygen atoms in total. The lowest BCUT2D eigenvalue weighted by Gasteiger charge is -2.08. The molecule has 98 valence electrons. The highest BCUT2D eigenvalue weighted by Crippen LogP contribution is 2.15. The SMILES string of the molecule is CC1CCC=CCCCCCCCCCC1=O. The minimum Gasteiger partial charge on any atom is -0.299 e. The highest BCUT2D eigenvalue weighted by molar-refractivity contribution is 5.80. The summed E-state index contributed by atoms with van der Waals surface area (Å²) in [6.07, 6.45) is 17.8. The standard InChI is InChI=1S/C16H28O/c1-15-13-11-9-7-5-3-2-4-6-8-10-12-14-16(15)17/h7,9,15H,2-6,8,10-14H2,1H3. The summed E-state index contributed by atoms with van der Waals surface area (Å²) in [5, 5.41) is 0. The number of rotatable bonds is 0. The molecule has 1 unspecified atom stereocenters. The summed E-state index contributed by atoms with van der Waals surface area (Å²) in [4.78, 5) is 11.8. The van der Waals surface area contributed by atoms with E-state index in [1.165, 1.54) is 44.9 Å². The number of hydrogen-bond donors (Lipinski definition) is 0. The lowest BCUT2D eigenvalue weighted by molar-refractivity contribution is -0.122. The summed E-state index contributed by atoms with van der Waals surface area (Å²) >= 11 is 0. The molecule has 0 aliphatic heterocycles. The van der Waals surface area contributed by atoms with Crippen molar-refractivity contribution in [1.29, 1.82) is 0 Å². The van der Waals surface area contributed by atoms with Crippen LogP contribution in [0.2, 0.25) is 0 Å². The van der Waals surface area contributed by atoms with E-state index in [1.807, 2.05) is 0 Å². The summed E-state index contributed by atoms with van der Waals surface area (Å²) < 4.78 is 0. The molecule has 0 bridgehead atoms.